The topological polar surface area (TPSA) is 90.7 Å². The number of methoxy groups -OCH3 is 1. The number of nitro benzene ring substituents is 1. The third-order valence-corrected chi connectivity index (χ3v) is 3.42. The first-order valence-corrected chi connectivity index (χ1v) is 8.08. The molecule has 2 aromatic rings. The molecule has 0 spiro atoms. The zero-order valence-electron chi connectivity index (χ0n) is 14.6. The van der Waals surface area contributed by atoms with E-state index in [4.69, 9.17) is 9.47 Å². The van der Waals surface area contributed by atoms with Crippen LogP contribution in [0.2, 0.25) is 0 Å². The van der Waals surface area contributed by atoms with E-state index in [2.05, 4.69) is 5.32 Å². The van der Waals surface area contributed by atoms with Gasteiger partial charge >= 0.3 is 0 Å². The normalized spacial score (nSPS) is 10.5. The molecule has 0 aliphatic rings. The minimum absolute atomic E-state index is 0.0315. The van der Waals surface area contributed by atoms with Crippen LogP contribution in [-0.4, -0.2) is 24.5 Å². The third kappa shape index (κ3) is 5.34. The van der Waals surface area contributed by atoms with E-state index in [1.54, 1.807) is 25.3 Å². The molecule has 26 heavy (non-hydrogen) atoms. The van der Waals surface area contributed by atoms with Crippen molar-refractivity contribution in [1.29, 1.82) is 0 Å². The molecule has 0 heterocycles. The number of benzene rings is 2. The molecule has 0 aromatic heterocycles. The zero-order valence-corrected chi connectivity index (χ0v) is 14.6. The molecule has 0 saturated carbocycles. The lowest BCUT2D eigenvalue weighted by Gasteiger charge is -2.10. The molecule has 0 aliphatic heterocycles. The van der Waals surface area contributed by atoms with Crippen LogP contribution in [0.5, 0.6) is 11.5 Å². The van der Waals surface area contributed by atoms with E-state index in [1.807, 2.05) is 13.0 Å². The maximum atomic E-state index is 12.0. The van der Waals surface area contributed by atoms with Gasteiger partial charge in [0.1, 0.15) is 0 Å². The van der Waals surface area contributed by atoms with Gasteiger partial charge in [0.05, 0.1) is 18.6 Å². The standard InChI is InChI=1S/C19H20N2O5/c1-3-12-26-17-10-4-14(13-18(17)25-2)5-11-19(22)20-15-6-8-16(9-7-15)21(23)24/h4-11,13H,3,12H2,1-2H3,(H,20,22). The molecular formula is C19H20N2O5. The Morgan fingerprint density at radius 3 is 2.54 bits per heavy atom. The lowest BCUT2D eigenvalue weighted by atomic mass is 10.2. The molecule has 0 fully saturated rings. The van der Waals surface area contributed by atoms with E-state index < -0.39 is 4.92 Å². The second-order valence-corrected chi connectivity index (χ2v) is 5.39. The van der Waals surface area contributed by atoms with Crippen molar-refractivity contribution in [2.24, 2.45) is 0 Å². The molecule has 7 nitrogen and oxygen atoms in total. The second kappa shape index (κ2) is 9.22. The van der Waals surface area contributed by atoms with E-state index in [1.165, 1.54) is 30.3 Å². The summed E-state index contributed by atoms with van der Waals surface area (Å²) in [7, 11) is 1.56. The number of hydrogen-bond donors (Lipinski definition) is 1. The van der Waals surface area contributed by atoms with Crippen LogP contribution in [0.4, 0.5) is 11.4 Å². The number of carbonyl (C=O) groups is 1. The molecule has 0 unspecified atom stereocenters. The molecule has 2 rings (SSSR count). The third-order valence-electron chi connectivity index (χ3n) is 3.42. The number of nitro groups is 1. The van der Waals surface area contributed by atoms with Crippen molar-refractivity contribution in [3.8, 4) is 11.5 Å². The highest BCUT2D eigenvalue weighted by Gasteiger charge is 2.06. The Bertz CT molecular complexity index is 800. The van der Waals surface area contributed by atoms with E-state index in [9.17, 15) is 14.9 Å². The smallest absolute Gasteiger partial charge is 0.269 e. The van der Waals surface area contributed by atoms with E-state index in [-0.39, 0.29) is 11.6 Å². The number of rotatable bonds is 8. The van der Waals surface area contributed by atoms with Gasteiger partial charge in [0.15, 0.2) is 11.5 Å². The lowest BCUT2D eigenvalue weighted by Crippen LogP contribution is -2.07. The van der Waals surface area contributed by atoms with Crippen LogP contribution in [0.25, 0.3) is 6.08 Å². The van der Waals surface area contributed by atoms with Gasteiger partial charge in [0.2, 0.25) is 5.91 Å². The molecule has 0 aliphatic carbocycles. The maximum absolute atomic E-state index is 12.0. The monoisotopic (exact) mass is 356 g/mol. The Balaban J connectivity index is 2.01. The van der Waals surface area contributed by atoms with Gasteiger partial charge in [0, 0.05) is 23.9 Å². The average molecular weight is 356 g/mol. The molecule has 0 saturated heterocycles. The van der Waals surface area contributed by atoms with Crippen LogP contribution in [0.1, 0.15) is 18.9 Å². The van der Waals surface area contributed by atoms with Crippen LogP contribution >= 0.6 is 0 Å². The minimum Gasteiger partial charge on any atom is -0.493 e. The van der Waals surface area contributed by atoms with Gasteiger partial charge in [-0.15, -0.1) is 0 Å². The first-order valence-electron chi connectivity index (χ1n) is 8.08. The van der Waals surface area contributed by atoms with Crippen molar-refractivity contribution in [1.82, 2.24) is 0 Å². The Hall–Kier alpha value is -3.35. The second-order valence-electron chi connectivity index (χ2n) is 5.39. The van der Waals surface area contributed by atoms with Crippen molar-refractivity contribution in [2.45, 2.75) is 13.3 Å². The number of carbonyl (C=O) groups excluding carboxylic acids is 1. The molecule has 0 bridgehead atoms. The van der Waals surface area contributed by atoms with Crippen molar-refractivity contribution in [3.05, 3.63) is 64.2 Å². The summed E-state index contributed by atoms with van der Waals surface area (Å²) in [4.78, 5) is 22.1. The summed E-state index contributed by atoms with van der Waals surface area (Å²) in [5.41, 5.74) is 1.23. The van der Waals surface area contributed by atoms with Crippen LogP contribution in [0, 0.1) is 10.1 Å². The number of non-ortho nitro benzene ring substituents is 1. The maximum Gasteiger partial charge on any atom is 0.269 e. The summed E-state index contributed by atoms with van der Waals surface area (Å²) in [6, 6.07) is 11.0. The summed E-state index contributed by atoms with van der Waals surface area (Å²) in [6.45, 7) is 2.62. The molecule has 2 aromatic carbocycles. The SMILES string of the molecule is CCCOc1ccc(C=CC(=O)Nc2ccc([N+](=O)[O-])cc2)cc1OC. The number of hydrogen-bond acceptors (Lipinski definition) is 5. The molecule has 136 valence electrons. The van der Waals surface area contributed by atoms with Gasteiger partial charge in [-0.3, -0.25) is 14.9 Å². The summed E-state index contributed by atoms with van der Waals surface area (Å²) >= 11 is 0. The van der Waals surface area contributed by atoms with E-state index in [0.717, 1.165) is 12.0 Å². The van der Waals surface area contributed by atoms with E-state index in [0.29, 0.717) is 23.8 Å². The van der Waals surface area contributed by atoms with E-state index >= 15 is 0 Å². The Morgan fingerprint density at radius 1 is 1.19 bits per heavy atom. The van der Waals surface area contributed by atoms with Crippen molar-refractivity contribution in [2.75, 3.05) is 19.0 Å². The number of nitrogens with zero attached hydrogens (tertiary/aromatic N) is 1. The fourth-order valence-electron chi connectivity index (χ4n) is 2.14. The molecule has 1 N–H and O–H groups in total. The molecule has 0 radical (unpaired) electrons. The van der Waals surface area contributed by atoms with Gasteiger partial charge in [-0.1, -0.05) is 13.0 Å². The van der Waals surface area contributed by atoms with Gasteiger partial charge < -0.3 is 14.8 Å². The minimum atomic E-state index is -0.493. The Labute approximate surface area is 151 Å². The number of nitrogens with one attached hydrogen (secondary N) is 1. The van der Waals surface area contributed by atoms with Crippen LogP contribution in [-0.2, 0) is 4.79 Å². The van der Waals surface area contributed by atoms with Crippen molar-refractivity contribution >= 4 is 23.4 Å². The quantitative estimate of drug-likeness (QED) is 0.438. The van der Waals surface area contributed by atoms with Crippen LogP contribution in [0.15, 0.2) is 48.5 Å². The highest BCUT2D eigenvalue weighted by atomic mass is 16.6. The molecule has 0 atom stereocenters. The Morgan fingerprint density at radius 2 is 1.92 bits per heavy atom. The highest BCUT2D eigenvalue weighted by molar-refractivity contribution is 6.02. The summed E-state index contributed by atoms with van der Waals surface area (Å²) in [5, 5.41) is 13.3. The van der Waals surface area contributed by atoms with Gasteiger partial charge in [-0.25, -0.2) is 0 Å². The fourth-order valence-corrected chi connectivity index (χ4v) is 2.14. The van der Waals surface area contributed by atoms with Crippen LogP contribution < -0.4 is 14.8 Å². The van der Waals surface area contributed by atoms with Gasteiger partial charge in [-0.05, 0) is 42.3 Å². The summed E-state index contributed by atoms with van der Waals surface area (Å²) in [6.07, 6.45) is 3.92. The summed E-state index contributed by atoms with van der Waals surface area (Å²) in [5.74, 6) is 0.905. The molecule has 1 amide bonds. The lowest BCUT2D eigenvalue weighted by molar-refractivity contribution is -0.384. The van der Waals surface area contributed by atoms with Gasteiger partial charge in [0.25, 0.3) is 5.69 Å². The highest BCUT2D eigenvalue weighted by Crippen LogP contribution is 2.28. The summed E-state index contributed by atoms with van der Waals surface area (Å²) < 4.78 is 10.9. The van der Waals surface area contributed by atoms with Gasteiger partial charge in [-0.2, -0.15) is 0 Å². The largest absolute Gasteiger partial charge is 0.493 e. The first kappa shape index (κ1) is 19.0. The predicted molar refractivity (Wildman–Crippen MR) is 99.5 cm³/mol. The van der Waals surface area contributed by atoms with Crippen molar-refractivity contribution in [3.63, 3.8) is 0 Å². The van der Waals surface area contributed by atoms with Crippen LogP contribution in [0.3, 0.4) is 0 Å². The zero-order chi connectivity index (χ0) is 18.9. The fraction of sp³-hybridized carbons (Fsp3) is 0.211. The number of anilines is 1. The predicted octanol–water partition coefficient (Wildman–Crippen LogP) is 4.04. The first-order chi connectivity index (χ1) is 12.5. The molecular weight excluding hydrogens is 336 g/mol. The van der Waals surface area contributed by atoms with Crippen molar-refractivity contribution < 1.29 is 19.2 Å². The number of ether oxygens (including phenoxy) is 2. The average Bonchev–Trinajstić information content (AvgIpc) is 2.65. The molecule has 7 heteroatoms. The Kier molecular flexibility index (Phi) is 6.73. The number of amides is 1.